The number of carboxylic acid groups (broad SMARTS) is 1. The zero-order chi connectivity index (χ0) is 95.0. The number of alkyl carbamates (subject to hydrolysis) is 4. The van der Waals surface area contributed by atoms with Gasteiger partial charge < -0.3 is 113 Å². The number of esters is 4. The summed E-state index contributed by atoms with van der Waals surface area (Å²) in [4.78, 5) is 111. The van der Waals surface area contributed by atoms with E-state index in [1.807, 2.05) is 182 Å². The number of amides is 4. The lowest BCUT2D eigenvalue weighted by Crippen LogP contribution is -2.42. The van der Waals surface area contributed by atoms with Crippen LogP contribution in [0.4, 0.5) is 19.2 Å². The fraction of sp³-hybridized carbons (Fsp3) is 0.624. The largest absolute Gasteiger partial charge is 0.481 e. The van der Waals surface area contributed by atoms with Crippen LogP contribution in [0.15, 0.2) is 134 Å². The first-order valence-corrected chi connectivity index (χ1v) is 43.9. The van der Waals surface area contributed by atoms with Crippen LogP contribution in [0.5, 0.6) is 0 Å². The third-order valence-electron chi connectivity index (χ3n) is 15.5. The monoisotopic (exact) mass is 1770 g/mol. The third-order valence-corrected chi connectivity index (χ3v) is 15.5. The molecule has 0 bridgehead atoms. The maximum absolute atomic E-state index is 12.2. The first-order valence-electron chi connectivity index (χ1n) is 43.9. The lowest BCUT2D eigenvalue weighted by Gasteiger charge is -2.24. The summed E-state index contributed by atoms with van der Waals surface area (Å²) < 4.78 is 41.3. The molecule has 0 aromatic heterocycles. The van der Waals surface area contributed by atoms with Crippen LogP contribution in [-0.2, 0) is 88.3 Å². The van der Waals surface area contributed by atoms with Gasteiger partial charge in [-0.3, -0.25) is 24.1 Å². The lowest BCUT2D eigenvalue weighted by molar-refractivity contribution is -0.146. The summed E-state index contributed by atoms with van der Waals surface area (Å²) in [6.45, 7) is 54.9. The van der Waals surface area contributed by atoms with Gasteiger partial charge in [0, 0.05) is 137 Å². The van der Waals surface area contributed by atoms with Gasteiger partial charge in [-0.15, -0.1) is 0 Å². The minimum absolute atomic E-state index is 0.110. The van der Waals surface area contributed by atoms with Gasteiger partial charge in [0.2, 0.25) is 0 Å². The average Bonchev–Trinajstić information content (AvgIpc) is 0.908. The van der Waals surface area contributed by atoms with Gasteiger partial charge in [0.25, 0.3) is 0 Å². The van der Waals surface area contributed by atoms with Crippen molar-refractivity contribution in [1.82, 2.24) is 51.5 Å². The van der Waals surface area contributed by atoms with E-state index in [4.69, 9.17) is 65.9 Å². The molecule has 4 amide bonds. The summed E-state index contributed by atoms with van der Waals surface area (Å²) in [5.41, 5.74) is 23.1. The molecule has 0 fully saturated rings. The van der Waals surface area contributed by atoms with Gasteiger partial charge in [-0.2, -0.15) is 0 Å². The summed E-state index contributed by atoms with van der Waals surface area (Å²) in [6, 6.07) is 38.4. The average molecular weight is 1770 g/mol. The van der Waals surface area contributed by atoms with Gasteiger partial charge in [0.1, 0.15) is 48.8 Å². The molecule has 0 unspecified atom stereocenters. The number of rotatable bonds is 49. The Hall–Kier alpha value is -9.35. The number of ether oxygens (including phenoxy) is 8. The van der Waals surface area contributed by atoms with Crippen molar-refractivity contribution in [2.75, 3.05) is 157 Å². The van der Waals surface area contributed by atoms with Crippen molar-refractivity contribution in [2.24, 2.45) is 22.9 Å². The van der Waals surface area contributed by atoms with E-state index in [0.717, 1.165) is 113 Å². The molecule has 0 radical (unpaired) electrons. The number of carbonyl (C=O) groups is 9. The molecule has 32 nitrogen and oxygen atoms in total. The van der Waals surface area contributed by atoms with Crippen molar-refractivity contribution in [3.05, 3.63) is 156 Å². The molecule has 15 N–H and O–H groups in total. The number of carboxylic acids is 1. The number of nitrogens with zero attached hydrogens (tertiary/aromatic N) is 4. The van der Waals surface area contributed by atoms with Gasteiger partial charge in [-0.1, -0.05) is 169 Å². The number of carbonyl (C=O) groups excluding carboxylic acids is 8. The van der Waals surface area contributed by atoms with E-state index in [1.54, 1.807) is 41.5 Å². The molecular formula is C93H164N14O18. The van der Waals surface area contributed by atoms with E-state index in [-0.39, 0.29) is 43.3 Å². The number of hydrogen-bond acceptors (Lipinski definition) is 27. The molecule has 0 heterocycles. The second kappa shape index (κ2) is 79.3. The molecule has 4 aromatic carbocycles. The molecule has 4 aromatic rings. The Kier molecular flexibility index (Phi) is 77.4. The summed E-state index contributed by atoms with van der Waals surface area (Å²) >= 11 is 0. The smallest absolute Gasteiger partial charge is 0.407 e. The van der Waals surface area contributed by atoms with Crippen LogP contribution >= 0.6 is 0 Å². The van der Waals surface area contributed by atoms with Crippen LogP contribution < -0.4 is 54.8 Å². The highest BCUT2D eigenvalue weighted by Crippen LogP contribution is 2.12. The second-order valence-corrected chi connectivity index (χ2v) is 31.9. The molecule has 4 rings (SSSR count). The zero-order valence-corrected chi connectivity index (χ0v) is 79.3. The molecule has 0 saturated heterocycles. The predicted molar refractivity (Wildman–Crippen MR) is 498 cm³/mol. The second-order valence-electron chi connectivity index (χ2n) is 31.9. The van der Waals surface area contributed by atoms with E-state index in [2.05, 4.69) is 80.9 Å². The number of nitrogens with two attached hydrogens (primary N) is 4. The molecule has 0 aliphatic heterocycles. The van der Waals surface area contributed by atoms with Gasteiger partial charge >= 0.3 is 54.2 Å². The Labute approximate surface area is 749 Å². The van der Waals surface area contributed by atoms with E-state index in [9.17, 15) is 43.2 Å². The first-order chi connectivity index (χ1) is 59.3. The lowest BCUT2D eigenvalue weighted by atomic mass is 10.2. The Balaban J connectivity index is -0.000000709. The zero-order valence-electron chi connectivity index (χ0n) is 79.3. The highest BCUT2D eigenvalue weighted by atomic mass is 16.6. The molecule has 32 heteroatoms. The Morgan fingerprint density at radius 3 is 0.808 bits per heavy atom. The molecular weight excluding hydrogens is 1600 g/mol. The summed E-state index contributed by atoms with van der Waals surface area (Å²) in [5.74, 6) is -1.71. The predicted octanol–water partition coefficient (Wildman–Crippen LogP) is 11.7. The highest BCUT2D eigenvalue weighted by Gasteiger charge is 2.21. The van der Waals surface area contributed by atoms with Crippen molar-refractivity contribution in [3.63, 3.8) is 0 Å². The Morgan fingerprint density at radius 1 is 0.328 bits per heavy atom. The van der Waals surface area contributed by atoms with Crippen LogP contribution in [-0.4, -0.2) is 258 Å². The molecule has 0 saturated carbocycles. The summed E-state index contributed by atoms with van der Waals surface area (Å²) in [5, 5.41) is 25.3. The van der Waals surface area contributed by atoms with E-state index >= 15 is 0 Å². The summed E-state index contributed by atoms with van der Waals surface area (Å²) in [6.07, 6.45) is 5.02. The van der Waals surface area contributed by atoms with Crippen LogP contribution in [0, 0.1) is 0 Å². The summed E-state index contributed by atoms with van der Waals surface area (Å²) in [7, 11) is 0. The quantitative estimate of drug-likeness (QED) is 0.00846. The maximum Gasteiger partial charge on any atom is 0.407 e. The first kappa shape index (κ1) is 122. The molecule has 0 atom stereocenters. The van der Waals surface area contributed by atoms with Crippen molar-refractivity contribution in [3.8, 4) is 0 Å². The van der Waals surface area contributed by atoms with Gasteiger partial charge in [0.15, 0.2) is 0 Å². The van der Waals surface area contributed by atoms with E-state index < -0.39 is 52.7 Å². The minimum Gasteiger partial charge on any atom is -0.481 e. The highest BCUT2D eigenvalue weighted by molar-refractivity contribution is 5.81. The SMILES string of the molecule is C=CC(=O)OCc1ccccc1.CC.CC(C)(C)OC(=O)NCCN(CCNC(=O)OC(C)(C)C)CCC(=O)OCc1ccccc1.CC(C)(C)OC(=O)NCCNCCNC(=O)OC(C)(C)C.CCCN(CCC)CCC(=O)O.CCCN(CCC)CCC(=O)OCc1ccccc1.NCCN(CCN)CCC(=O)OCc1ccccc1.NCCNCCN. The standard InChI is InChI=1S/C24H39N3O6.C16H25NO2.C14H29N3O4.C14H23N3O2.C10H10O2.C9H19NO2.C4H13N3.C2H6/c1-23(2,3)32-21(29)25-13-16-27(17-14-26-22(30)33-24(4,5)6)15-12-20(28)31-18-19-10-8-7-9-11-19;1-3-11-17(12-4-2)13-10-16(18)19-14-15-8-6-5-7-9-15;1-13(2,3)20-11(18)16-9-7-15-8-10-17-12(19)21-14(4,5)6;15-7-10-17(11-8-16)9-6-14(18)19-12-13-4-2-1-3-5-13;1-2-10(11)12-8-9-6-4-3-5-7-9;1-3-6-10(7-4-2)8-5-9(11)12;5-1-3-7-4-2-6;1-2/h7-11H,12-18H2,1-6H3,(H,25,29)(H,26,30);5-9H,3-4,10-14H2,1-2H3;15H,7-10H2,1-6H3,(H,16,18)(H,17,19);1-5H,6-12,15-16H2;2-7H,1,8H2;3-8H2,1-2H3,(H,11,12);7H,1-6H2;1-2H3. The molecule has 0 aliphatic carbocycles. The van der Waals surface area contributed by atoms with Gasteiger partial charge in [0.05, 0.1) is 25.7 Å². The van der Waals surface area contributed by atoms with E-state index in [0.29, 0.717) is 131 Å². The normalized spacial score (nSPS) is 10.7. The van der Waals surface area contributed by atoms with Crippen molar-refractivity contribution >= 4 is 54.2 Å². The molecule has 0 aliphatic rings. The topological polar surface area (TPSA) is 437 Å². The number of nitrogens with one attached hydrogen (secondary N) is 6. The maximum atomic E-state index is 12.2. The van der Waals surface area contributed by atoms with Crippen molar-refractivity contribution in [2.45, 2.75) is 225 Å². The van der Waals surface area contributed by atoms with Crippen LogP contribution in [0.3, 0.4) is 0 Å². The molecule has 125 heavy (non-hydrogen) atoms. The number of aliphatic carboxylic acids is 1. The number of hydrogen-bond donors (Lipinski definition) is 11. The van der Waals surface area contributed by atoms with Gasteiger partial charge in [-0.25, -0.2) is 24.0 Å². The fourth-order valence-electron chi connectivity index (χ4n) is 10.0. The Bertz CT molecular complexity index is 3170. The fourth-order valence-corrected chi connectivity index (χ4v) is 10.0. The third kappa shape index (κ3) is 87.9. The van der Waals surface area contributed by atoms with Crippen molar-refractivity contribution in [1.29, 1.82) is 0 Å². The molecule has 0 spiro atoms. The van der Waals surface area contributed by atoms with Crippen LogP contribution in [0.1, 0.15) is 198 Å². The van der Waals surface area contributed by atoms with Crippen LogP contribution in [0.25, 0.3) is 0 Å². The minimum atomic E-state index is -0.702. The van der Waals surface area contributed by atoms with E-state index in [1.165, 1.54) is 0 Å². The van der Waals surface area contributed by atoms with Gasteiger partial charge in [-0.05, 0) is 157 Å². The molecule has 714 valence electrons. The van der Waals surface area contributed by atoms with Crippen LogP contribution in [0.2, 0.25) is 0 Å². The Morgan fingerprint density at radius 2 is 0.568 bits per heavy atom. The number of benzene rings is 4. The van der Waals surface area contributed by atoms with Crippen molar-refractivity contribution < 1.29 is 86.2 Å².